The summed E-state index contributed by atoms with van der Waals surface area (Å²) in [7, 11) is 2.67. The molecule has 2 heterocycles. The van der Waals surface area contributed by atoms with E-state index in [2.05, 4.69) is 0 Å². The smallest absolute Gasteiger partial charge is 0.332 e. The number of hydrogen-bond donors (Lipinski definition) is 0. The van der Waals surface area contributed by atoms with Gasteiger partial charge >= 0.3 is 6.03 Å². The minimum atomic E-state index is -1.24. The van der Waals surface area contributed by atoms with Crippen LogP contribution in [0.5, 0.6) is 5.75 Å². The van der Waals surface area contributed by atoms with Gasteiger partial charge in [-0.05, 0) is 23.6 Å². The van der Waals surface area contributed by atoms with E-state index in [9.17, 15) is 19.2 Å². The number of nitrogens with zero attached hydrogens (tertiary/aromatic N) is 2. The predicted octanol–water partition coefficient (Wildman–Crippen LogP) is 3.13. The largest absolute Gasteiger partial charge is 0.461 e. The summed E-state index contributed by atoms with van der Waals surface area (Å²) in [4.78, 5) is 53.3. The van der Waals surface area contributed by atoms with E-state index in [1.165, 1.54) is 14.1 Å². The Bertz CT molecular complexity index is 988. The number of halogens is 1. The Morgan fingerprint density at radius 2 is 1.62 bits per heavy atom. The van der Waals surface area contributed by atoms with Gasteiger partial charge in [0.2, 0.25) is 11.8 Å². The minimum Gasteiger partial charge on any atom is -0.461 e. The van der Waals surface area contributed by atoms with Crippen molar-refractivity contribution in [1.82, 2.24) is 9.80 Å². The summed E-state index contributed by atoms with van der Waals surface area (Å²) in [5.74, 6) is -2.58. The molecule has 4 rings (SSSR count). The quantitative estimate of drug-likeness (QED) is 0.657. The first-order chi connectivity index (χ1) is 13.5. The number of benzene rings is 1. The maximum Gasteiger partial charge on any atom is 0.332 e. The number of urea groups is 1. The lowest BCUT2D eigenvalue weighted by Gasteiger charge is -2.42. The van der Waals surface area contributed by atoms with Crippen molar-refractivity contribution in [2.45, 2.75) is 32.6 Å². The van der Waals surface area contributed by atoms with E-state index in [0.29, 0.717) is 34.1 Å². The molecule has 3 aliphatic rings. The Balaban J connectivity index is 1.94. The third kappa shape index (κ3) is 2.95. The Hall–Kier alpha value is -2.67. The third-order valence-electron chi connectivity index (χ3n) is 5.83. The second-order valence-corrected chi connectivity index (χ2v) is 9.03. The van der Waals surface area contributed by atoms with Crippen LogP contribution >= 0.6 is 11.6 Å². The summed E-state index contributed by atoms with van der Waals surface area (Å²) in [6, 6.07) is 4.26. The molecule has 7 nitrogen and oxygen atoms in total. The van der Waals surface area contributed by atoms with Crippen LogP contribution in [0.15, 0.2) is 29.5 Å². The van der Waals surface area contributed by atoms with Gasteiger partial charge < -0.3 is 4.74 Å². The van der Waals surface area contributed by atoms with E-state index in [1.54, 1.807) is 18.2 Å². The fourth-order valence-electron chi connectivity index (χ4n) is 4.43. The monoisotopic (exact) mass is 416 g/mol. The molecule has 1 fully saturated rings. The van der Waals surface area contributed by atoms with Crippen LogP contribution in [-0.2, 0) is 14.4 Å². The summed E-state index contributed by atoms with van der Waals surface area (Å²) in [6.07, 6.45) is 0.785. The van der Waals surface area contributed by atoms with Crippen LogP contribution in [0.2, 0.25) is 5.02 Å². The van der Waals surface area contributed by atoms with E-state index >= 15 is 0 Å². The highest BCUT2D eigenvalue weighted by Gasteiger charge is 2.53. The highest BCUT2D eigenvalue weighted by Crippen LogP contribution is 2.51. The number of barbiturate groups is 1. The number of carbonyl (C=O) groups excluding carboxylic acids is 4. The fourth-order valence-corrected chi connectivity index (χ4v) is 4.61. The van der Waals surface area contributed by atoms with Crippen LogP contribution in [0.3, 0.4) is 0 Å². The molecule has 1 aromatic carbocycles. The average Bonchev–Trinajstić information content (AvgIpc) is 2.63. The molecule has 0 radical (unpaired) electrons. The number of ketones is 1. The normalized spacial score (nSPS) is 24.5. The van der Waals surface area contributed by atoms with Crippen molar-refractivity contribution < 1.29 is 23.9 Å². The summed E-state index contributed by atoms with van der Waals surface area (Å²) in [5, 5.41) is 0.401. The van der Waals surface area contributed by atoms with Crippen molar-refractivity contribution in [2.24, 2.45) is 11.3 Å². The van der Waals surface area contributed by atoms with Crippen LogP contribution in [0, 0.1) is 11.3 Å². The van der Waals surface area contributed by atoms with Crippen molar-refractivity contribution in [1.29, 1.82) is 0 Å². The van der Waals surface area contributed by atoms with E-state index in [4.69, 9.17) is 16.3 Å². The predicted molar refractivity (Wildman–Crippen MR) is 104 cm³/mol. The second-order valence-electron chi connectivity index (χ2n) is 8.59. The fraction of sp³-hybridized carbons (Fsp3) is 0.429. The average molecular weight is 417 g/mol. The van der Waals surface area contributed by atoms with Crippen molar-refractivity contribution in [2.75, 3.05) is 14.1 Å². The lowest BCUT2D eigenvalue weighted by Crippen LogP contribution is -2.59. The molecular formula is C21H21ClN2O5. The number of amides is 4. The maximum atomic E-state index is 13.1. The molecule has 1 saturated heterocycles. The second kappa shape index (κ2) is 6.42. The van der Waals surface area contributed by atoms with Gasteiger partial charge in [0.25, 0.3) is 0 Å². The van der Waals surface area contributed by atoms with Gasteiger partial charge in [-0.15, -0.1) is 0 Å². The SMILES string of the molecule is CN1C(=O)C(C2C3=C(CC(C)(C)CC3=O)Oc3ccc(Cl)cc32)C(=O)N(C)C1=O. The summed E-state index contributed by atoms with van der Waals surface area (Å²) >= 11 is 6.19. The molecule has 0 saturated carbocycles. The highest BCUT2D eigenvalue weighted by atomic mass is 35.5. The van der Waals surface area contributed by atoms with Crippen molar-refractivity contribution >= 4 is 35.2 Å². The zero-order valence-corrected chi connectivity index (χ0v) is 17.4. The van der Waals surface area contributed by atoms with Gasteiger partial charge in [-0.1, -0.05) is 25.4 Å². The van der Waals surface area contributed by atoms with Gasteiger partial charge in [-0.2, -0.15) is 0 Å². The maximum absolute atomic E-state index is 13.1. The van der Waals surface area contributed by atoms with Crippen LogP contribution < -0.4 is 4.74 Å². The van der Waals surface area contributed by atoms with Crippen LogP contribution in [-0.4, -0.2) is 47.5 Å². The minimum absolute atomic E-state index is 0.158. The number of hydrogen-bond acceptors (Lipinski definition) is 5. The molecule has 29 heavy (non-hydrogen) atoms. The molecule has 1 aliphatic carbocycles. The van der Waals surface area contributed by atoms with Crippen LogP contribution in [0.1, 0.15) is 38.2 Å². The molecular weight excluding hydrogens is 396 g/mol. The van der Waals surface area contributed by atoms with Gasteiger partial charge in [0.15, 0.2) is 5.78 Å². The van der Waals surface area contributed by atoms with Gasteiger partial charge in [0, 0.05) is 49.0 Å². The highest BCUT2D eigenvalue weighted by molar-refractivity contribution is 6.30. The zero-order chi connectivity index (χ0) is 21.2. The van der Waals surface area contributed by atoms with Crippen molar-refractivity contribution in [3.8, 4) is 5.75 Å². The molecule has 1 unspecified atom stereocenters. The molecule has 0 bridgehead atoms. The molecule has 0 aromatic heterocycles. The van der Waals surface area contributed by atoms with E-state index in [0.717, 1.165) is 9.80 Å². The Morgan fingerprint density at radius 1 is 1.00 bits per heavy atom. The van der Waals surface area contributed by atoms with Crippen molar-refractivity contribution in [3.63, 3.8) is 0 Å². The van der Waals surface area contributed by atoms with E-state index in [-0.39, 0.29) is 17.6 Å². The number of ether oxygens (including phenoxy) is 1. The van der Waals surface area contributed by atoms with Gasteiger partial charge in [-0.3, -0.25) is 24.2 Å². The number of Topliss-reactive ketones (excluding diaryl/α,β-unsaturated/α-hetero) is 1. The van der Waals surface area contributed by atoms with Crippen LogP contribution in [0.25, 0.3) is 0 Å². The molecule has 1 aromatic rings. The standard InChI is InChI=1S/C21H21ClN2O5/c1-21(2)8-12(25)16-14(9-21)29-13-6-5-10(22)7-11(13)15(16)17-18(26)23(3)20(28)24(4)19(17)27/h5-7,15,17H,8-9H2,1-4H3. The first kappa shape index (κ1) is 19.6. The van der Waals surface area contributed by atoms with Gasteiger partial charge in [-0.25, -0.2) is 4.79 Å². The molecule has 8 heteroatoms. The van der Waals surface area contributed by atoms with Crippen LogP contribution in [0.4, 0.5) is 4.79 Å². The lowest BCUT2D eigenvalue weighted by atomic mass is 9.67. The number of rotatable bonds is 1. The molecule has 0 N–H and O–H groups in total. The molecule has 1 atom stereocenters. The molecule has 152 valence electrons. The zero-order valence-electron chi connectivity index (χ0n) is 16.6. The summed E-state index contributed by atoms with van der Waals surface area (Å²) in [5.41, 5.74) is 0.545. The van der Waals surface area contributed by atoms with Gasteiger partial charge in [0.1, 0.15) is 17.4 Å². The summed E-state index contributed by atoms with van der Waals surface area (Å²) in [6.45, 7) is 3.95. The van der Waals surface area contributed by atoms with Crippen molar-refractivity contribution in [3.05, 3.63) is 40.1 Å². The number of carbonyl (C=O) groups is 4. The van der Waals surface area contributed by atoms with E-state index < -0.39 is 29.7 Å². The summed E-state index contributed by atoms with van der Waals surface area (Å²) < 4.78 is 6.05. The first-order valence-electron chi connectivity index (χ1n) is 9.34. The Kier molecular flexibility index (Phi) is 4.35. The topological polar surface area (TPSA) is 84.0 Å². The number of fused-ring (bicyclic) bond motifs is 1. The molecule has 0 spiro atoms. The Morgan fingerprint density at radius 3 is 2.24 bits per heavy atom. The van der Waals surface area contributed by atoms with Gasteiger partial charge in [0.05, 0.1) is 0 Å². The molecule has 4 amide bonds. The Labute approximate surface area is 173 Å². The number of imide groups is 2. The first-order valence-corrected chi connectivity index (χ1v) is 9.72. The molecule has 2 aliphatic heterocycles. The lowest BCUT2D eigenvalue weighted by molar-refractivity contribution is -0.148. The van der Waals surface area contributed by atoms with E-state index in [1.807, 2.05) is 13.8 Å². The third-order valence-corrected chi connectivity index (χ3v) is 6.07. The number of allylic oxidation sites excluding steroid dienone is 2.